The molecule has 1 saturated heterocycles. The second-order valence-corrected chi connectivity index (χ2v) is 7.50. The van der Waals surface area contributed by atoms with Crippen LogP contribution >= 0.6 is 0 Å². The smallest absolute Gasteiger partial charge is 0.383 e. The average molecular weight is 460 g/mol. The van der Waals surface area contributed by atoms with Gasteiger partial charge in [0.15, 0.2) is 5.75 Å². The summed E-state index contributed by atoms with van der Waals surface area (Å²) >= 11 is 0. The number of rotatable bonds is 7. The summed E-state index contributed by atoms with van der Waals surface area (Å²) in [6.07, 6.45) is -7.75. The first-order chi connectivity index (χ1) is 15.9. The summed E-state index contributed by atoms with van der Waals surface area (Å²) in [5, 5.41) is 40.2. The van der Waals surface area contributed by atoms with Crippen molar-refractivity contribution in [1.29, 1.82) is 0 Å². The lowest BCUT2D eigenvalue weighted by molar-refractivity contribution is -0.278. The first-order valence-corrected chi connectivity index (χ1v) is 10.2. The van der Waals surface area contributed by atoms with Crippen molar-refractivity contribution in [3.8, 4) is 17.2 Å². The van der Waals surface area contributed by atoms with Crippen LogP contribution in [0.25, 0.3) is 11.0 Å². The van der Waals surface area contributed by atoms with Crippen LogP contribution in [0.15, 0.2) is 57.7 Å². The van der Waals surface area contributed by atoms with Gasteiger partial charge in [0.05, 0.1) is 19.1 Å². The Bertz CT molecular complexity index is 1140. The quantitative estimate of drug-likeness (QED) is 0.369. The van der Waals surface area contributed by atoms with E-state index in [1.54, 1.807) is 12.1 Å². The van der Waals surface area contributed by atoms with E-state index in [-0.39, 0.29) is 17.9 Å². The zero-order valence-electron chi connectivity index (χ0n) is 17.7. The van der Waals surface area contributed by atoms with Gasteiger partial charge in [-0.25, -0.2) is 4.79 Å². The summed E-state index contributed by atoms with van der Waals surface area (Å²) in [4.78, 5) is 12.8. The van der Waals surface area contributed by atoms with E-state index in [1.165, 1.54) is 13.2 Å². The highest BCUT2D eigenvalue weighted by Crippen LogP contribution is 2.36. The fourth-order valence-corrected chi connectivity index (χ4v) is 3.52. The molecular formula is C23H24O10. The summed E-state index contributed by atoms with van der Waals surface area (Å²) < 4.78 is 27.5. The number of hydrogen-bond acceptors (Lipinski definition) is 10. The van der Waals surface area contributed by atoms with Crippen LogP contribution in [0.5, 0.6) is 17.2 Å². The van der Waals surface area contributed by atoms with Crippen LogP contribution in [0, 0.1) is 0 Å². The van der Waals surface area contributed by atoms with Crippen LogP contribution in [-0.2, 0) is 11.3 Å². The zero-order valence-corrected chi connectivity index (χ0v) is 17.7. The van der Waals surface area contributed by atoms with Gasteiger partial charge in [-0.15, -0.1) is 0 Å². The number of ether oxygens (including phenoxy) is 4. The normalized spacial score (nSPS) is 25.1. The summed E-state index contributed by atoms with van der Waals surface area (Å²) in [5.74, 6) is 0.0971. The van der Waals surface area contributed by atoms with Gasteiger partial charge in [0.25, 0.3) is 5.75 Å². The summed E-state index contributed by atoms with van der Waals surface area (Å²) in [6, 6.07) is 14.0. The molecule has 3 aromatic rings. The third-order valence-electron chi connectivity index (χ3n) is 5.34. The molecule has 2 aromatic carbocycles. The minimum Gasteiger partial charge on any atom is -0.497 e. The van der Waals surface area contributed by atoms with Gasteiger partial charge >= 0.3 is 5.63 Å². The van der Waals surface area contributed by atoms with Gasteiger partial charge in [-0.1, -0.05) is 30.3 Å². The number of aliphatic hydroxyl groups excluding tert-OH is 4. The second kappa shape index (κ2) is 9.77. The molecule has 0 aliphatic carbocycles. The van der Waals surface area contributed by atoms with E-state index in [0.29, 0.717) is 11.1 Å². The Morgan fingerprint density at radius 1 is 0.970 bits per heavy atom. The van der Waals surface area contributed by atoms with Gasteiger partial charge in [0.1, 0.15) is 42.4 Å². The average Bonchev–Trinajstić information content (AvgIpc) is 2.84. The van der Waals surface area contributed by atoms with E-state index in [2.05, 4.69) is 0 Å². The van der Waals surface area contributed by atoms with E-state index in [1.807, 2.05) is 30.3 Å². The minimum absolute atomic E-state index is 0.0321. The Kier molecular flexibility index (Phi) is 6.82. The summed E-state index contributed by atoms with van der Waals surface area (Å²) in [6.45, 7) is -0.551. The molecule has 5 atom stereocenters. The van der Waals surface area contributed by atoms with Crippen LogP contribution in [0.3, 0.4) is 0 Å². The van der Waals surface area contributed by atoms with E-state index in [4.69, 9.17) is 23.4 Å². The third kappa shape index (κ3) is 4.65. The van der Waals surface area contributed by atoms with Crippen LogP contribution in [0.2, 0.25) is 0 Å². The minimum atomic E-state index is -1.71. The number of benzene rings is 2. The topological polar surface area (TPSA) is 148 Å². The highest BCUT2D eigenvalue weighted by Gasteiger charge is 2.45. The fraction of sp³-hybridized carbons (Fsp3) is 0.348. The van der Waals surface area contributed by atoms with Gasteiger partial charge in [-0.05, 0) is 17.7 Å². The summed E-state index contributed by atoms with van der Waals surface area (Å²) in [7, 11) is 1.47. The molecule has 10 nitrogen and oxygen atoms in total. The third-order valence-corrected chi connectivity index (χ3v) is 5.34. The number of hydrogen-bond donors (Lipinski definition) is 4. The van der Waals surface area contributed by atoms with Crippen LogP contribution in [0.4, 0.5) is 0 Å². The summed E-state index contributed by atoms with van der Waals surface area (Å²) in [5.41, 5.74) is 0.0885. The van der Waals surface area contributed by atoms with Crippen molar-refractivity contribution in [3.63, 3.8) is 0 Å². The molecule has 0 saturated carbocycles. The highest BCUT2D eigenvalue weighted by atomic mass is 16.7. The zero-order chi connectivity index (χ0) is 23.5. The molecule has 1 aromatic heterocycles. The van der Waals surface area contributed by atoms with Crippen molar-refractivity contribution in [2.24, 2.45) is 0 Å². The molecule has 0 radical (unpaired) electrons. The molecule has 176 valence electrons. The Morgan fingerprint density at radius 2 is 1.73 bits per heavy atom. The lowest BCUT2D eigenvalue weighted by atomic mass is 9.99. The maximum atomic E-state index is 12.8. The molecule has 4 N–H and O–H groups in total. The molecule has 1 aliphatic heterocycles. The molecule has 1 fully saturated rings. The number of fused-ring (bicyclic) bond motifs is 1. The van der Waals surface area contributed by atoms with Gasteiger partial charge in [0.2, 0.25) is 6.29 Å². The van der Waals surface area contributed by atoms with Crippen molar-refractivity contribution >= 4 is 11.0 Å². The molecule has 4 rings (SSSR count). The highest BCUT2D eigenvalue weighted by molar-refractivity contribution is 5.86. The Morgan fingerprint density at radius 3 is 2.42 bits per heavy atom. The van der Waals surface area contributed by atoms with Gasteiger partial charge in [-0.2, -0.15) is 0 Å². The Hall–Kier alpha value is -3.15. The predicted octanol–water partition coefficient (Wildman–Crippen LogP) is 0.559. The molecule has 10 heteroatoms. The van der Waals surface area contributed by atoms with E-state index < -0.39 is 48.7 Å². The van der Waals surface area contributed by atoms with Crippen LogP contribution in [0.1, 0.15) is 5.56 Å². The molecule has 0 bridgehead atoms. The SMILES string of the molecule is COc1ccc2c(OCc3ccccc3)c(O[C@@H]3O[C@H](CO)[C@@H](O)[C@H](O)[C@H]3O)c(=O)oc2c1. The van der Waals surface area contributed by atoms with Crippen molar-refractivity contribution in [2.45, 2.75) is 37.3 Å². The lowest BCUT2D eigenvalue weighted by Gasteiger charge is -2.39. The predicted molar refractivity (Wildman–Crippen MR) is 114 cm³/mol. The Balaban J connectivity index is 1.74. The van der Waals surface area contributed by atoms with Crippen molar-refractivity contribution in [1.82, 2.24) is 0 Å². The maximum absolute atomic E-state index is 12.8. The number of aliphatic hydroxyl groups is 4. The van der Waals surface area contributed by atoms with Crippen molar-refractivity contribution < 1.29 is 43.8 Å². The molecule has 0 unspecified atom stereocenters. The molecule has 0 spiro atoms. The largest absolute Gasteiger partial charge is 0.497 e. The van der Waals surface area contributed by atoms with Gasteiger partial charge in [0, 0.05) is 6.07 Å². The van der Waals surface area contributed by atoms with Gasteiger partial charge < -0.3 is 43.8 Å². The van der Waals surface area contributed by atoms with Crippen molar-refractivity contribution in [3.05, 3.63) is 64.5 Å². The van der Waals surface area contributed by atoms with Crippen molar-refractivity contribution in [2.75, 3.05) is 13.7 Å². The molecular weight excluding hydrogens is 436 g/mol. The number of methoxy groups -OCH3 is 1. The van der Waals surface area contributed by atoms with Gasteiger partial charge in [-0.3, -0.25) is 0 Å². The first kappa shape index (κ1) is 23.0. The van der Waals surface area contributed by atoms with Crippen LogP contribution in [-0.4, -0.2) is 64.8 Å². The molecule has 2 heterocycles. The first-order valence-electron chi connectivity index (χ1n) is 10.2. The maximum Gasteiger partial charge on any atom is 0.383 e. The standard InChI is InChI=1S/C23H24O10/c1-29-13-7-8-14-15(9-13)31-22(28)21(20(14)30-11-12-5-3-2-4-6-12)33-23-19(27)18(26)17(25)16(10-24)32-23/h2-9,16-19,23-27H,10-11H2,1H3/t16-,17-,18+,19-,23+/m1/s1. The van der Waals surface area contributed by atoms with E-state index in [0.717, 1.165) is 5.56 Å². The van der Waals surface area contributed by atoms with E-state index in [9.17, 15) is 25.2 Å². The second-order valence-electron chi connectivity index (χ2n) is 7.50. The van der Waals surface area contributed by atoms with E-state index >= 15 is 0 Å². The molecule has 33 heavy (non-hydrogen) atoms. The Labute approximate surface area is 188 Å². The lowest BCUT2D eigenvalue weighted by Crippen LogP contribution is -2.60. The monoisotopic (exact) mass is 460 g/mol. The molecule has 1 aliphatic rings. The fourth-order valence-electron chi connectivity index (χ4n) is 3.52. The molecule has 0 amide bonds. The van der Waals surface area contributed by atoms with Crippen LogP contribution < -0.4 is 19.8 Å².